The van der Waals surface area contributed by atoms with Crippen LogP contribution in [-0.4, -0.2) is 31.1 Å². The summed E-state index contributed by atoms with van der Waals surface area (Å²) in [6.45, 7) is 4.17. The van der Waals surface area contributed by atoms with E-state index >= 15 is 0 Å². The number of nitrogens with one attached hydrogen (secondary N) is 1. The Morgan fingerprint density at radius 2 is 1.92 bits per heavy atom. The van der Waals surface area contributed by atoms with Gasteiger partial charge in [0.2, 0.25) is 5.91 Å². The Kier molecular flexibility index (Phi) is 5.41. The van der Waals surface area contributed by atoms with Crippen LogP contribution in [0.4, 0.5) is 11.4 Å². The molecule has 3 rings (SSSR count). The van der Waals surface area contributed by atoms with Crippen molar-refractivity contribution in [2.75, 3.05) is 23.4 Å². The Morgan fingerprint density at radius 1 is 1.19 bits per heavy atom. The third kappa shape index (κ3) is 3.79. The first-order valence-corrected chi connectivity index (χ1v) is 8.69. The predicted molar refractivity (Wildman–Crippen MR) is 99.7 cm³/mol. The first-order chi connectivity index (χ1) is 12.6. The molecule has 136 valence electrons. The molecular formula is C20H22N2O4. The number of nitrogens with zero attached hydrogens (tertiary/aromatic N) is 1. The van der Waals surface area contributed by atoms with Crippen molar-refractivity contribution in [3.8, 4) is 11.5 Å². The summed E-state index contributed by atoms with van der Waals surface area (Å²) >= 11 is 0. The number of carbonyl (C=O) groups excluding carboxylic acids is 2. The van der Waals surface area contributed by atoms with Crippen LogP contribution in [0.25, 0.3) is 0 Å². The lowest BCUT2D eigenvalue weighted by Crippen LogP contribution is -2.47. The standard InChI is InChI=1S/C20H22N2O4/c1-3-12-25-17-10-6-4-8-15(17)21-19(23)13-22-16-9-5-7-11-18(16)26-14(2)20(22)24/h4-11,14H,3,12-13H2,1-2H3,(H,21,23)/t14-/m0/s1. The van der Waals surface area contributed by atoms with Crippen LogP contribution in [0.5, 0.6) is 11.5 Å². The molecule has 1 heterocycles. The average molecular weight is 354 g/mol. The molecule has 0 saturated heterocycles. The normalized spacial score (nSPS) is 15.8. The van der Waals surface area contributed by atoms with E-state index in [9.17, 15) is 9.59 Å². The van der Waals surface area contributed by atoms with Crippen molar-refractivity contribution >= 4 is 23.2 Å². The summed E-state index contributed by atoms with van der Waals surface area (Å²) in [5.41, 5.74) is 1.19. The third-order valence-corrected chi connectivity index (χ3v) is 4.00. The maximum Gasteiger partial charge on any atom is 0.268 e. The molecule has 1 aliphatic rings. The van der Waals surface area contributed by atoms with Crippen molar-refractivity contribution in [2.24, 2.45) is 0 Å². The Balaban J connectivity index is 1.75. The van der Waals surface area contributed by atoms with E-state index in [2.05, 4.69) is 5.32 Å². The highest BCUT2D eigenvalue weighted by Gasteiger charge is 2.32. The molecule has 1 aliphatic heterocycles. The molecule has 6 nitrogen and oxygen atoms in total. The molecular weight excluding hydrogens is 332 g/mol. The second kappa shape index (κ2) is 7.91. The Bertz CT molecular complexity index is 806. The zero-order valence-corrected chi connectivity index (χ0v) is 14.9. The minimum atomic E-state index is -0.627. The average Bonchev–Trinajstić information content (AvgIpc) is 2.64. The van der Waals surface area contributed by atoms with E-state index in [4.69, 9.17) is 9.47 Å². The molecule has 0 radical (unpaired) electrons. The van der Waals surface area contributed by atoms with Gasteiger partial charge in [0, 0.05) is 0 Å². The summed E-state index contributed by atoms with van der Waals surface area (Å²) < 4.78 is 11.3. The van der Waals surface area contributed by atoms with Crippen molar-refractivity contribution in [3.63, 3.8) is 0 Å². The van der Waals surface area contributed by atoms with E-state index in [1.54, 1.807) is 25.1 Å². The van der Waals surface area contributed by atoms with E-state index in [-0.39, 0.29) is 18.4 Å². The number of carbonyl (C=O) groups is 2. The molecule has 1 atom stereocenters. The number of benzene rings is 2. The molecule has 6 heteroatoms. The lowest BCUT2D eigenvalue weighted by atomic mass is 10.2. The number of para-hydroxylation sites is 4. The molecule has 2 amide bonds. The van der Waals surface area contributed by atoms with E-state index in [0.717, 1.165) is 6.42 Å². The molecule has 2 aromatic carbocycles. The number of rotatable bonds is 6. The van der Waals surface area contributed by atoms with Crippen LogP contribution < -0.4 is 19.7 Å². The summed E-state index contributed by atoms with van der Waals surface area (Å²) in [4.78, 5) is 26.5. The van der Waals surface area contributed by atoms with Gasteiger partial charge in [-0.2, -0.15) is 0 Å². The van der Waals surface area contributed by atoms with Crippen LogP contribution in [0.2, 0.25) is 0 Å². The maximum atomic E-state index is 12.6. The molecule has 26 heavy (non-hydrogen) atoms. The Morgan fingerprint density at radius 3 is 2.73 bits per heavy atom. The molecule has 0 bridgehead atoms. The third-order valence-electron chi connectivity index (χ3n) is 4.00. The smallest absolute Gasteiger partial charge is 0.268 e. The van der Waals surface area contributed by atoms with Gasteiger partial charge in [-0.05, 0) is 37.6 Å². The number of hydrogen-bond acceptors (Lipinski definition) is 4. The van der Waals surface area contributed by atoms with Crippen LogP contribution in [0.15, 0.2) is 48.5 Å². The molecule has 0 saturated carbocycles. The van der Waals surface area contributed by atoms with Gasteiger partial charge < -0.3 is 14.8 Å². The molecule has 0 aliphatic carbocycles. The van der Waals surface area contributed by atoms with E-state index in [1.165, 1.54) is 4.90 Å². The molecule has 0 unspecified atom stereocenters. The summed E-state index contributed by atoms with van der Waals surface area (Å²) in [5.74, 6) is 0.674. The molecule has 1 N–H and O–H groups in total. The van der Waals surface area contributed by atoms with Gasteiger partial charge in [0.05, 0.1) is 18.0 Å². The minimum absolute atomic E-state index is 0.0916. The van der Waals surface area contributed by atoms with E-state index < -0.39 is 6.10 Å². The zero-order valence-electron chi connectivity index (χ0n) is 14.9. The second-order valence-corrected chi connectivity index (χ2v) is 6.04. The first kappa shape index (κ1) is 17.8. The molecule has 2 aromatic rings. The summed E-state index contributed by atoms with van der Waals surface area (Å²) in [5, 5.41) is 2.83. The Labute approximate surface area is 152 Å². The highest BCUT2D eigenvalue weighted by atomic mass is 16.5. The van der Waals surface area contributed by atoms with Crippen LogP contribution in [0, 0.1) is 0 Å². The van der Waals surface area contributed by atoms with Gasteiger partial charge >= 0.3 is 0 Å². The topological polar surface area (TPSA) is 67.9 Å². The number of ether oxygens (including phenoxy) is 2. The van der Waals surface area contributed by atoms with E-state index in [1.807, 2.05) is 37.3 Å². The number of hydrogen-bond donors (Lipinski definition) is 1. The van der Waals surface area contributed by atoms with Gasteiger partial charge in [-0.1, -0.05) is 31.2 Å². The highest BCUT2D eigenvalue weighted by molar-refractivity contribution is 6.06. The van der Waals surface area contributed by atoms with Gasteiger partial charge in [-0.25, -0.2) is 0 Å². The largest absolute Gasteiger partial charge is 0.491 e. The molecule has 0 spiro atoms. The van der Waals surface area contributed by atoms with Crippen molar-refractivity contribution in [1.82, 2.24) is 0 Å². The van der Waals surface area contributed by atoms with E-state index in [0.29, 0.717) is 29.5 Å². The number of amides is 2. The van der Waals surface area contributed by atoms with Crippen molar-refractivity contribution in [2.45, 2.75) is 26.4 Å². The van der Waals surface area contributed by atoms with Gasteiger partial charge in [-0.3, -0.25) is 14.5 Å². The molecule has 0 fully saturated rings. The fourth-order valence-electron chi connectivity index (χ4n) is 2.76. The lowest BCUT2D eigenvalue weighted by Gasteiger charge is -2.32. The molecule has 0 aromatic heterocycles. The highest BCUT2D eigenvalue weighted by Crippen LogP contribution is 2.33. The summed E-state index contributed by atoms with van der Waals surface area (Å²) in [6.07, 6.45) is 0.247. The zero-order chi connectivity index (χ0) is 18.5. The summed E-state index contributed by atoms with van der Waals surface area (Å²) in [7, 11) is 0. The van der Waals surface area contributed by atoms with Gasteiger partial charge in [-0.15, -0.1) is 0 Å². The summed E-state index contributed by atoms with van der Waals surface area (Å²) in [6, 6.07) is 14.5. The number of anilines is 2. The fourth-order valence-corrected chi connectivity index (χ4v) is 2.76. The SMILES string of the molecule is CCCOc1ccccc1NC(=O)CN1C(=O)[C@H](C)Oc2ccccc21. The first-order valence-electron chi connectivity index (χ1n) is 8.69. The van der Waals surface area contributed by atoms with Crippen LogP contribution in [-0.2, 0) is 9.59 Å². The monoisotopic (exact) mass is 354 g/mol. The quantitative estimate of drug-likeness (QED) is 0.865. The second-order valence-electron chi connectivity index (χ2n) is 6.04. The van der Waals surface area contributed by atoms with Crippen LogP contribution >= 0.6 is 0 Å². The van der Waals surface area contributed by atoms with Crippen LogP contribution in [0.1, 0.15) is 20.3 Å². The lowest BCUT2D eigenvalue weighted by molar-refractivity contribution is -0.127. The fraction of sp³-hybridized carbons (Fsp3) is 0.300. The minimum Gasteiger partial charge on any atom is -0.491 e. The van der Waals surface area contributed by atoms with Crippen LogP contribution in [0.3, 0.4) is 0 Å². The van der Waals surface area contributed by atoms with Crippen molar-refractivity contribution < 1.29 is 19.1 Å². The van der Waals surface area contributed by atoms with Crippen molar-refractivity contribution in [1.29, 1.82) is 0 Å². The van der Waals surface area contributed by atoms with Gasteiger partial charge in [0.1, 0.15) is 18.0 Å². The van der Waals surface area contributed by atoms with Gasteiger partial charge in [0.25, 0.3) is 5.91 Å². The van der Waals surface area contributed by atoms with Gasteiger partial charge in [0.15, 0.2) is 6.10 Å². The number of fused-ring (bicyclic) bond motifs is 1. The maximum absolute atomic E-state index is 12.6. The van der Waals surface area contributed by atoms with Crippen molar-refractivity contribution in [3.05, 3.63) is 48.5 Å². The Hall–Kier alpha value is -3.02. The predicted octanol–water partition coefficient (Wildman–Crippen LogP) is 3.23.